The van der Waals surface area contributed by atoms with E-state index in [1.165, 1.54) is 11.3 Å². The van der Waals surface area contributed by atoms with Crippen molar-refractivity contribution in [3.05, 3.63) is 56.5 Å². The first kappa shape index (κ1) is 17.7. The van der Waals surface area contributed by atoms with E-state index in [-0.39, 0.29) is 12.5 Å². The highest BCUT2D eigenvalue weighted by atomic mass is 35.5. The maximum absolute atomic E-state index is 12.8. The van der Waals surface area contributed by atoms with Gasteiger partial charge in [-0.15, -0.1) is 21.5 Å². The molecule has 0 aliphatic carbocycles. The fraction of sp³-hybridized carbons (Fsp3) is 0.188. The molecule has 0 bridgehead atoms. The smallest absolute Gasteiger partial charge is 0.282 e. The second-order valence-electron chi connectivity index (χ2n) is 5.33. The first-order valence-corrected chi connectivity index (χ1v) is 10.3. The molecule has 0 unspecified atom stereocenters. The lowest BCUT2D eigenvalue weighted by atomic mass is 10.3. The number of thioether (sulfide) groups is 1. The number of benzene rings is 1. The maximum Gasteiger partial charge on any atom is 0.282 e. The lowest BCUT2D eigenvalue weighted by Gasteiger charge is -2.28. The summed E-state index contributed by atoms with van der Waals surface area (Å²) in [6.07, 6.45) is 0. The van der Waals surface area contributed by atoms with Crippen LogP contribution in [0.1, 0.15) is 15.5 Å². The number of aromatic nitrogens is 3. The van der Waals surface area contributed by atoms with Crippen molar-refractivity contribution in [3.63, 3.8) is 0 Å². The van der Waals surface area contributed by atoms with Crippen LogP contribution >= 0.6 is 46.3 Å². The fourth-order valence-corrected chi connectivity index (χ4v) is 4.50. The number of carbonyl (C=O) groups excluding carboxylic acids is 1. The van der Waals surface area contributed by atoms with Crippen molar-refractivity contribution < 1.29 is 9.53 Å². The molecule has 1 aliphatic heterocycles. The molecule has 0 saturated heterocycles. The summed E-state index contributed by atoms with van der Waals surface area (Å²) in [7, 11) is 0. The Kier molecular flexibility index (Phi) is 5.08. The Morgan fingerprint density at radius 3 is 2.92 bits per heavy atom. The highest BCUT2D eigenvalue weighted by Crippen LogP contribution is 2.29. The molecule has 1 amide bonds. The predicted molar refractivity (Wildman–Crippen MR) is 103 cm³/mol. The van der Waals surface area contributed by atoms with E-state index >= 15 is 0 Å². The minimum absolute atomic E-state index is 0.0767. The molecule has 1 aliphatic rings. The van der Waals surface area contributed by atoms with Crippen LogP contribution in [0.2, 0.25) is 10.0 Å². The van der Waals surface area contributed by atoms with E-state index in [9.17, 15) is 4.79 Å². The summed E-state index contributed by atoms with van der Waals surface area (Å²) in [6.45, 7) is 0.699. The quantitative estimate of drug-likeness (QED) is 0.627. The topological polar surface area (TPSA) is 60.3 Å². The summed E-state index contributed by atoms with van der Waals surface area (Å²) in [5.41, 5.74) is 0. The van der Waals surface area contributed by atoms with E-state index in [4.69, 9.17) is 27.9 Å². The molecule has 134 valence electrons. The molecule has 4 rings (SSSR count). The molecule has 2 aromatic heterocycles. The van der Waals surface area contributed by atoms with E-state index in [2.05, 4.69) is 10.2 Å². The lowest BCUT2D eigenvalue weighted by Crippen LogP contribution is -2.45. The molecule has 0 saturated carbocycles. The molecule has 10 heteroatoms. The number of halogens is 2. The van der Waals surface area contributed by atoms with E-state index in [1.807, 2.05) is 17.5 Å². The lowest BCUT2D eigenvalue weighted by molar-refractivity contribution is 0.0957. The van der Waals surface area contributed by atoms with Crippen molar-refractivity contribution in [2.24, 2.45) is 0 Å². The van der Waals surface area contributed by atoms with E-state index < -0.39 is 0 Å². The van der Waals surface area contributed by atoms with Crippen LogP contribution in [0.15, 0.2) is 40.9 Å². The molecule has 3 aromatic rings. The number of thiophene rings is 1. The summed E-state index contributed by atoms with van der Waals surface area (Å²) in [4.78, 5) is 13.5. The Morgan fingerprint density at radius 2 is 2.15 bits per heavy atom. The third-order valence-corrected chi connectivity index (χ3v) is 5.96. The summed E-state index contributed by atoms with van der Waals surface area (Å²) in [5, 5.41) is 13.5. The van der Waals surface area contributed by atoms with Gasteiger partial charge in [0.1, 0.15) is 12.4 Å². The Balaban J connectivity index is 1.59. The first-order chi connectivity index (χ1) is 12.6. The van der Waals surface area contributed by atoms with Crippen molar-refractivity contribution in [1.82, 2.24) is 14.9 Å². The van der Waals surface area contributed by atoms with Gasteiger partial charge in [-0.05, 0) is 29.6 Å². The van der Waals surface area contributed by atoms with Crippen LogP contribution in [0.5, 0.6) is 5.75 Å². The van der Waals surface area contributed by atoms with Crippen LogP contribution in [0.25, 0.3) is 0 Å². The third-order valence-electron chi connectivity index (χ3n) is 3.67. The van der Waals surface area contributed by atoms with Crippen molar-refractivity contribution in [1.29, 1.82) is 0 Å². The number of rotatable bonds is 4. The SMILES string of the molecule is O=C(c1cccs1)N1CCSc2nnc(COc3ccc(Cl)cc3Cl)n21. The minimum atomic E-state index is -0.0767. The van der Waals surface area contributed by atoms with Crippen molar-refractivity contribution in [2.75, 3.05) is 17.3 Å². The fourth-order valence-electron chi connectivity index (χ4n) is 2.50. The van der Waals surface area contributed by atoms with Gasteiger partial charge in [-0.1, -0.05) is 41.0 Å². The van der Waals surface area contributed by atoms with Crippen molar-refractivity contribution in [3.8, 4) is 5.75 Å². The van der Waals surface area contributed by atoms with Gasteiger partial charge < -0.3 is 4.74 Å². The number of amides is 1. The standard InChI is InChI=1S/C16H12Cl2N4O2S2/c17-10-3-4-12(11(18)8-10)24-9-14-19-20-16-22(14)21(5-7-26-16)15(23)13-2-1-6-25-13/h1-4,6,8H,5,7,9H2. The number of hydrogen-bond acceptors (Lipinski definition) is 6. The monoisotopic (exact) mass is 426 g/mol. The second-order valence-corrected chi connectivity index (χ2v) is 8.18. The number of nitrogens with zero attached hydrogens (tertiary/aromatic N) is 4. The zero-order valence-electron chi connectivity index (χ0n) is 13.3. The molecule has 6 nitrogen and oxygen atoms in total. The van der Waals surface area contributed by atoms with E-state index in [1.54, 1.807) is 39.6 Å². The Morgan fingerprint density at radius 1 is 1.27 bits per heavy atom. The van der Waals surface area contributed by atoms with Crippen LogP contribution in [0, 0.1) is 0 Å². The molecule has 0 atom stereocenters. The van der Waals surface area contributed by atoms with Gasteiger partial charge in [0.15, 0.2) is 5.82 Å². The van der Waals surface area contributed by atoms with Gasteiger partial charge in [0, 0.05) is 10.8 Å². The molecule has 1 aromatic carbocycles. The van der Waals surface area contributed by atoms with Crippen LogP contribution in [0.4, 0.5) is 0 Å². The van der Waals surface area contributed by atoms with Gasteiger partial charge in [0.25, 0.3) is 5.91 Å². The molecule has 0 spiro atoms. The van der Waals surface area contributed by atoms with Gasteiger partial charge in [-0.3, -0.25) is 4.79 Å². The molecule has 0 fully saturated rings. The summed E-state index contributed by atoms with van der Waals surface area (Å²) in [6, 6.07) is 8.67. The number of ether oxygens (including phenoxy) is 1. The number of fused-ring (bicyclic) bond motifs is 1. The maximum atomic E-state index is 12.8. The third kappa shape index (κ3) is 3.42. The Bertz CT molecular complexity index is 946. The Labute approximate surface area is 167 Å². The summed E-state index contributed by atoms with van der Waals surface area (Å²) >= 11 is 15.0. The van der Waals surface area contributed by atoms with E-state index in [0.717, 1.165) is 5.75 Å². The predicted octanol–water partition coefficient (Wildman–Crippen LogP) is 4.11. The van der Waals surface area contributed by atoms with Gasteiger partial charge in [-0.2, -0.15) is 0 Å². The van der Waals surface area contributed by atoms with Gasteiger partial charge in [0.2, 0.25) is 5.16 Å². The number of hydrogen-bond donors (Lipinski definition) is 0. The minimum Gasteiger partial charge on any atom is -0.484 e. The van der Waals surface area contributed by atoms with Gasteiger partial charge in [0.05, 0.1) is 16.4 Å². The normalized spacial score (nSPS) is 13.5. The zero-order valence-corrected chi connectivity index (χ0v) is 16.4. The summed E-state index contributed by atoms with van der Waals surface area (Å²) in [5.74, 6) is 1.71. The average molecular weight is 427 g/mol. The van der Waals surface area contributed by atoms with E-state index in [0.29, 0.717) is 38.2 Å². The van der Waals surface area contributed by atoms with Crippen molar-refractivity contribution >= 4 is 52.2 Å². The molecule has 3 heterocycles. The molecule has 0 radical (unpaired) electrons. The van der Waals surface area contributed by atoms with Crippen LogP contribution in [-0.2, 0) is 6.61 Å². The van der Waals surface area contributed by atoms with Crippen molar-refractivity contribution in [2.45, 2.75) is 11.8 Å². The highest BCUT2D eigenvalue weighted by Gasteiger charge is 2.28. The Hall–Kier alpha value is -1.74. The van der Waals surface area contributed by atoms with Crippen LogP contribution in [-0.4, -0.2) is 33.1 Å². The van der Waals surface area contributed by atoms with Gasteiger partial charge >= 0.3 is 0 Å². The molecule has 26 heavy (non-hydrogen) atoms. The molecular formula is C16H12Cl2N4O2S2. The van der Waals surface area contributed by atoms with Crippen LogP contribution in [0.3, 0.4) is 0 Å². The van der Waals surface area contributed by atoms with Crippen LogP contribution < -0.4 is 9.75 Å². The second kappa shape index (κ2) is 7.48. The molecular weight excluding hydrogens is 415 g/mol. The highest BCUT2D eigenvalue weighted by molar-refractivity contribution is 7.99. The van der Waals surface area contributed by atoms with Gasteiger partial charge in [-0.25, -0.2) is 9.69 Å². The summed E-state index contributed by atoms with van der Waals surface area (Å²) < 4.78 is 7.48. The zero-order chi connectivity index (χ0) is 18.1. The first-order valence-electron chi connectivity index (χ1n) is 7.64. The largest absolute Gasteiger partial charge is 0.484 e. The average Bonchev–Trinajstić information content (AvgIpc) is 3.30. The number of carbonyl (C=O) groups is 1. The molecule has 0 N–H and O–H groups in total.